The number of aryl methyl sites for hydroxylation is 1. The molecule has 0 spiro atoms. The van der Waals surface area contributed by atoms with E-state index in [2.05, 4.69) is 11.1 Å². The zero-order valence-electron chi connectivity index (χ0n) is 10.6. The number of ether oxygens (including phenoxy) is 1. The third kappa shape index (κ3) is 2.45. The Labute approximate surface area is 107 Å². The monoisotopic (exact) mass is 247 g/mol. The Balaban J connectivity index is 2.31. The quantitative estimate of drug-likeness (QED) is 0.839. The topological polar surface area (TPSA) is 69.4 Å². The molecule has 18 heavy (non-hydrogen) atoms. The number of aromatic nitrogens is 1. The van der Waals surface area contributed by atoms with Gasteiger partial charge in [-0.2, -0.15) is 5.26 Å². The van der Waals surface area contributed by atoms with Crippen LogP contribution in [0.4, 0.5) is 5.82 Å². The average molecular weight is 247 g/mol. The van der Waals surface area contributed by atoms with Gasteiger partial charge in [0.25, 0.3) is 0 Å². The highest BCUT2D eigenvalue weighted by Gasteiger charge is 2.27. The number of hydrogen-bond donors (Lipinski definition) is 1. The Kier molecular flexibility index (Phi) is 3.80. The first kappa shape index (κ1) is 12.8. The molecule has 1 aromatic rings. The van der Waals surface area contributed by atoms with Crippen molar-refractivity contribution in [3.05, 3.63) is 23.4 Å². The highest BCUT2D eigenvalue weighted by Crippen LogP contribution is 2.23. The van der Waals surface area contributed by atoms with Crippen molar-refractivity contribution < 1.29 is 9.84 Å². The lowest BCUT2D eigenvalue weighted by Gasteiger charge is -2.37. The SMILES string of the molecule is Cc1ccnc(N2CC(C)OC(CO)C2)c1C#N. The maximum atomic E-state index is 9.22. The van der Waals surface area contributed by atoms with Crippen molar-refractivity contribution in [2.75, 3.05) is 24.6 Å². The van der Waals surface area contributed by atoms with Gasteiger partial charge in [-0.1, -0.05) is 0 Å². The van der Waals surface area contributed by atoms with Crippen LogP contribution in [0.2, 0.25) is 0 Å². The first-order chi connectivity index (χ1) is 8.65. The number of morpholine rings is 1. The number of anilines is 1. The van der Waals surface area contributed by atoms with E-state index in [0.717, 1.165) is 5.56 Å². The fourth-order valence-corrected chi connectivity index (χ4v) is 2.24. The second-order valence-electron chi connectivity index (χ2n) is 4.59. The van der Waals surface area contributed by atoms with Gasteiger partial charge in [0, 0.05) is 19.3 Å². The first-order valence-corrected chi connectivity index (χ1v) is 6.02. The summed E-state index contributed by atoms with van der Waals surface area (Å²) in [6, 6.07) is 4.03. The van der Waals surface area contributed by atoms with Gasteiger partial charge in [0.2, 0.25) is 0 Å². The molecule has 0 aromatic carbocycles. The van der Waals surface area contributed by atoms with Crippen molar-refractivity contribution in [2.45, 2.75) is 26.1 Å². The Morgan fingerprint density at radius 2 is 2.39 bits per heavy atom. The number of hydrogen-bond acceptors (Lipinski definition) is 5. The van der Waals surface area contributed by atoms with Gasteiger partial charge in [-0.15, -0.1) is 0 Å². The van der Waals surface area contributed by atoms with Crippen molar-refractivity contribution >= 4 is 5.82 Å². The molecular weight excluding hydrogens is 230 g/mol. The molecule has 5 heteroatoms. The zero-order valence-corrected chi connectivity index (χ0v) is 10.6. The fourth-order valence-electron chi connectivity index (χ4n) is 2.24. The Bertz CT molecular complexity index is 470. The van der Waals surface area contributed by atoms with E-state index >= 15 is 0 Å². The van der Waals surface area contributed by atoms with Crippen LogP contribution in [-0.4, -0.2) is 42.0 Å². The van der Waals surface area contributed by atoms with Crippen molar-refractivity contribution in [1.29, 1.82) is 5.26 Å². The summed E-state index contributed by atoms with van der Waals surface area (Å²) in [5.74, 6) is 0.686. The van der Waals surface area contributed by atoms with Crippen molar-refractivity contribution in [1.82, 2.24) is 4.98 Å². The first-order valence-electron chi connectivity index (χ1n) is 6.02. The van der Waals surface area contributed by atoms with Crippen LogP contribution in [0.15, 0.2) is 12.3 Å². The predicted octanol–water partition coefficient (Wildman–Crippen LogP) is 0.848. The molecular formula is C13H17N3O2. The van der Waals surface area contributed by atoms with Gasteiger partial charge >= 0.3 is 0 Å². The molecule has 96 valence electrons. The lowest BCUT2D eigenvalue weighted by Crippen LogP contribution is -2.48. The van der Waals surface area contributed by atoms with Gasteiger partial charge in [-0.3, -0.25) is 0 Å². The number of nitrogens with zero attached hydrogens (tertiary/aromatic N) is 3. The molecule has 1 fully saturated rings. The van der Waals surface area contributed by atoms with Gasteiger partial charge in [0.1, 0.15) is 11.9 Å². The maximum Gasteiger partial charge on any atom is 0.146 e. The van der Waals surface area contributed by atoms with Crippen LogP contribution in [-0.2, 0) is 4.74 Å². The standard InChI is InChI=1S/C13H17N3O2/c1-9-3-4-15-13(12(9)5-14)16-6-10(2)18-11(7-16)8-17/h3-4,10-11,17H,6-8H2,1-2H3. The Morgan fingerprint density at radius 1 is 1.61 bits per heavy atom. The van der Waals surface area contributed by atoms with Crippen LogP contribution >= 0.6 is 0 Å². The van der Waals surface area contributed by atoms with Gasteiger partial charge in [0.15, 0.2) is 0 Å². The summed E-state index contributed by atoms with van der Waals surface area (Å²) in [4.78, 5) is 6.32. The smallest absolute Gasteiger partial charge is 0.146 e. The van der Waals surface area contributed by atoms with E-state index in [1.165, 1.54) is 0 Å². The largest absolute Gasteiger partial charge is 0.394 e. The highest BCUT2D eigenvalue weighted by molar-refractivity contribution is 5.57. The van der Waals surface area contributed by atoms with E-state index in [0.29, 0.717) is 24.5 Å². The van der Waals surface area contributed by atoms with Crippen molar-refractivity contribution in [2.24, 2.45) is 0 Å². The molecule has 2 unspecified atom stereocenters. The number of aliphatic hydroxyl groups is 1. The summed E-state index contributed by atoms with van der Waals surface area (Å²) in [6.07, 6.45) is 1.51. The molecule has 1 saturated heterocycles. The zero-order chi connectivity index (χ0) is 13.1. The van der Waals surface area contributed by atoms with E-state index in [9.17, 15) is 10.4 Å². The lowest BCUT2D eigenvalue weighted by molar-refractivity contribution is -0.0423. The van der Waals surface area contributed by atoms with Crippen LogP contribution in [0.1, 0.15) is 18.1 Å². The van der Waals surface area contributed by atoms with Crippen molar-refractivity contribution in [3.8, 4) is 6.07 Å². The number of nitriles is 1. The van der Waals surface area contributed by atoms with Crippen molar-refractivity contribution in [3.63, 3.8) is 0 Å². The maximum absolute atomic E-state index is 9.22. The van der Waals surface area contributed by atoms with E-state index in [1.807, 2.05) is 24.8 Å². The summed E-state index contributed by atoms with van der Waals surface area (Å²) in [7, 11) is 0. The van der Waals surface area contributed by atoms with Gasteiger partial charge in [-0.25, -0.2) is 4.98 Å². The minimum absolute atomic E-state index is 0.0183. The van der Waals surface area contributed by atoms with E-state index in [4.69, 9.17) is 4.74 Å². The van der Waals surface area contributed by atoms with Gasteiger partial charge in [0.05, 0.1) is 24.4 Å². The molecule has 1 aromatic heterocycles. The molecule has 5 nitrogen and oxygen atoms in total. The van der Waals surface area contributed by atoms with E-state index in [1.54, 1.807) is 6.20 Å². The molecule has 0 aliphatic carbocycles. The summed E-state index contributed by atoms with van der Waals surface area (Å²) < 4.78 is 5.59. The molecule has 0 radical (unpaired) electrons. The minimum Gasteiger partial charge on any atom is -0.394 e. The average Bonchev–Trinajstić information content (AvgIpc) is 2.37. The normalized spacial score (nSPS) is 23.8. The lowest BCUT2D eigenvalue weighted by atomic mass is 10.1. The molecule has 0 amide bonds. The predicted molar refractivity (Wildman–Crippen MR) is 67.3 cm³/mol. The molecule has 1 aliphatic heterocycles. The summed E-state index contributed by atoms with van der Waals surface area (Å²) in [5, 5.41) is 18.4. The highest BCUT2D eigenvalue weighted by atomic mass is 16.5. The van der Waals surface area contributed by atoms with E-state index < -0.39 is 0 Å². The second-order valence-corrected chi connectivity index (χ2v) is 4.59. The molecule has 0 saturated carbocycles. The summed E-state index contributed by atoms with van der Waals surface area (Å²) >= 11 is 0. The summed E-state index contributed by atoms with van der Waals surface area (Å²) in [6.45, 7) is 5.08. The minimum atomic E-state index is -0.220. The fraction of sp³-hybridized carbons (Fsp3) is 0.538. The van der Waals surface area contributed by atoms with E-state index in [-0.39, 0.29) is 18.8 Å². The second kappa shape index (κ2) is 5.34. The molecule has 1 aliphatic rings. The Hall–Kier alpha value is -1.64. The van der Waals surface area contributed by atoms with Gasteiger partial charge < -0.3 is 14.7 Å². The molecule has 2 heterocycles. The van der Waals surface area contributed by atoms with Crippen LogP contribution < -0.4 is 4.90 Å². The molecule has 1 N–H and O–H groups in total. The van der Waals surface area contributed by atoms with Crippen LogP contribution in [0.3, 0.4) is 0 Å². The molecule has 0 bridgehead atoms. The third-order valence-corrected chi connectivity index (χ3v) is 3.08. The number of pyridine rings is 1. The number of rotatable bonds is 2. The molecule has 2 rings (SSSR count). The van der Waals surface area contributed by atoms with Crippen LogP contribution in [0.25, 0.3) is 0 Å². The summed E-state index contributed by atoms with van der Waals surface area (Å²) in [5.41, 5.74) is 1.52. The number of aliphatic hydroxyl groups excluding tert-OH is 1. The molecule has 2 atom stereocenters. The van der Waals surface area contributed by atoms with Crippen LogP contribution in [0.5, 0.6) is 0 Å². The van der Waals surface area contributed by atoms with Crippen LogP contribution in [0, 0.1) is 18.3 Å². The third-order valence-electron chi connectivity index (χ3n) is 3.08. The Morgan fingerprint density at radius 3 is 3.06 bits per heavy atom. The van der Waals surface area contributed by atoms with Gasteiger partial charge in [-0.05, 0) is 25.5 Å².